The quantitative estimate of drug-likeness (QED) is 0.845. The van der Waals surface area contributed by atoms with Crippen molar-refractivity contribution in [1.29, 1.82) is 0 Å². The number of hydrogen-bond acceptors (Lipinski definition) is 5. The van der Waals surface area contributed by atoms with Crippen molar-refractivity contribution in [2.45, 2.75) is 19.8 Å². The summed E-state index contributed by atoms with van der Waals surface area (Å²) >= 11 is 0. The van der Waals surface area contributed by atoms with Crippen LogP contribution in [0, 0.1) is 0 Å². The fraction of sp³-hybridized carbons (Fsp3) is 0.333. The van der Waals surface area contributed by atoms with Gasteiger partial charge < -0.3 is 15.8 Å². The summed E-state index contributed by atoms with van der Waals surface area (Å²) in [6.45, 7) is 5.24. The van der Waals surface area contributed by atoms with Gasteiger partial charge in [-0.15, -0.1) is 0 Å². The number of nitrogens with one attached hydrogen (secondary N) is 1. The van der Waals surface area contributed by atoms with Gasteiger partial charge in [-0.25, -0.2) is 9.97 Å². The third-order valence-electron chi connectivity index (χ3n) is 2.77. The van der Waals surface area contributed by atoms with E-state index in [1.807, 2.05) is 30.3 Å². The SMILES string of the molecule is CC(C)c1ccnc(Nc2ccc(OCCN)cc2)n1. The van der Waals surface area contributed by atoms with Crippen molar-refractivity contribution in [2.24, 2.45) is 5.73 Å². The van der Waals surface area contributed by atoms with E-state index in [-0.39, 0.29) is 0 Å². The summed E-state index contributed by atoms with van der Waals surface area (Å²) in [5.41, 5.74) is 7.33. The van der Waals surface area contributed by atoms with E-state index in [2.05, 4.69) is 29.1 Å². The molecule has 1 aromatic carbocycles. The Morgan fingerprint density at radius 3 is 2.60 bits per heavy atom. The zero-order valence-corrected chi connectivity index (χ0v) is 11.8. The van der Waals surface area contributed by atoms with Crippen LogP contribution in [-0.4, -0.2) is 23.1 Å². The molecule has 3 N–H and O–H groups in total. The molecule has 0 spiro atoms. The van der Waals surface area contributed by atoms with Crippen molar-refractivity contribution >= 4 is 11.6 Å². The first-order valence-electron chi connectivity index (χ1n) is 6.72. The maximum Gasteiger partial charge on any atom is 0.227 e. The monoisotopic (exact) mass is 272 g/mol. The van der Waals surface area contributed by atoms with Gasteiger partial charge in [-0.05, 0) is 36.2 Å². The number of benzene rings is 1. The molecule has 2 aromatic rings. The molecular formula is C15H20N4O. The molecular weight excluding hydrogens is 252 g/mol. The Kier molecular flexibility index (Phi) is 4.90. The predicted octanol–water partition coefficient (Wildman–Crippen LogP) is 2.68. The Morgan fingerprint density at radius 2 is 1.95 bits per heavy atom. The van der Waals surface area contributed by atoms with E-state index in [0.717, 1.165) is 17.1 Å². The van der Waals surface area contributed by atoms with Gasteiger partial charge in [0.1, 0.15) is 12.4 Å². The lowest BCUT2D eigenvalue weighted by molar-refractivity contribution is 0.328. The zero-order chi connectivity index (χ0) is 14.4. The van der Waals surface area contributed by atoms with Gasteiger partial charge in [0, 0.05) is 24.1 Å². The molecule has 0 saturated heterocycles. The molecule has 0 radical (unpaired) electrons. The molecule has 5 heteroatoms. The van der Waals surface area contributed by atoms with Gasteiger partial charge in [-0.3, -0.25) is 0 Å². The first-order chi connectivity index (χ1) is 9.69. The number of rotatable bonds is 6. The molecule has 0 fully saturated rings. The van der Waals surface area contributed by atoms with Gasteiger partial charge in [0.25, 0.3) is 0 Å². The molecule has 0 aliphatic rings. The Morgan fingerprint density at radius 1 is 1.20 bits per heavy atom. The zero-order valence-electron chi connectivity index (χ0n) is 11.8. The molecule has 20 heavy (non-hydrogen) atoms. The molecule has 0 atom stereocenters. The fourth-order valence-electron chi connectivity index (χ4n) is 1.69. The fourth-order valence-corrected chi connectivity index (χ4v) is 1.69. The van der Waals surface area contributed by atoms with E-state index in [4.69, 9.17) is 10.5 Å². The summed E-state index contributed by atoms with van der Waals surface area (Å²) < 4.78 is 5.43. The summed E-state index contributed by atoms with van der Waals surface area (Å²) in [5, 5.41) is 3.18. The van der Waals surface area contributed by atoms with Gasteiger partial charge in [0.15, 0.2) is 0 Å². The molecule has 0 saturated carbocycles. The largest absolute Gasteiger partial charge is 0.492 e. The van der Waals surface area contributed by atoms with Crippen LogP contribution in [0.4, 0.5) is 11.6 Å². The standard InChI is InChI=1S/C15H20N4O/c1-11(2)14-7-9-17-15(19-14)18-12-3-5-13(6-4-12)20-10-8-16/h3-7,9,11H,8,10,16H2,1-2H3,(H,17,18,19). The number of nitrogens with two attached hydrogens (primary N) is 1. The van der Waals surface area contributed by atoms with Crippen LogP contribution in [0.15, 0.2) is 36.5 Å². The Hall–Kier alpha value is -2.14. The normalized spacial score (nSPS) is 10.6. The van der Waals surface area contributed by atoms with E-state index in [0.29, 0.717) is 25.0 Å². The van der Waals surface area contributed by atoms with Crippen molar-refractivity contribution in [2.75, 3.05) is 18.5 Å². The van der Waals surface area contributed by atoms with E-state index in [1.165, 1.54) is 0 Å². The van der Waals surface area contributed by atoms with Crippen molar-refractivity contribution in [3.05, 3.63) is 42.2 Å². The predicted molar refractivity (Wildman–Crippen MR) is 80.4 cm³/mol. The number of ether oxygens (including phenoxy) is 1. The minimum Gasteiger partial charge on any atom is -0.492 e. The van der Waals surface area contributed by atoms with Crippen LogP contribution < -0.4 is 15.8 Å². The maximum atomic E-state index is 5.43. The van der Waals surface area contributed by atoms with Crippen molar-refractivity contribution in [1.82, 2.24) is 9.97 Å². The van der Waals surface area contributed by atoms with Crippen LogP contribution in [0.1, 0.15) is 25.5 Å². The van der Waals surface area contributed by atoms with E-state index in [1.54, 1.807) is 6.20 Å². The minimum atomic E-state index is 0.380. The average Bonchev–Trinajstić information content (AvgIpc) is 2.47. The topological polar surface area (TPSA) is 73.1 Å². The smallest absolute Gasteiger partial charge is 0.227 e. The van der Waals surface area contributed by atoms with E-state index < -0.39 is 0 Å². The lowest BCUT2D eigenvalue weighted by atomic mass is 10.1. The Bertz CT molecular complexity index is 540. The van der Waals surface area contributed by atoms with Crippen LogP contribution in [-0.2, 0) is 0 Å². The Balaban J connectivity index is 2.04. The third-order valence-corrected chi connectivity index (χ3v) is 2.77. The molecule has 1 aromatic heterocycles. The number of hydrogen-bond donors (Lipinski definition) is 2. The maximum absolute atomic E-state index is 5.43. The van der Waals surface area contributed by atoms with Gasteiger partial charge in [0.2, 0.25) is 5.95 Å². The third kappa shape index (κ3) is 3.93. The second-order valence-electron chi connectivity index (χ2n) is 4.75. The second kappa shape index (κ2) is 6.86. The number of aromatic nitrogens is 2. The highest BCUT2D eigenvalue weighted by Crippen LogP contribution is 2.19. The van der Waals surface area contributed by atoms with Crippen molar-refractivity contribution in [3.63, 3.8) is 0 Å². The molecule has 0 bridgehead atoms. The Labute approximate surface area is 119 Å². The van der Waals surface area contributed by atoms with Crippen LogP contribution in [0.25, 0.3) is 0 Å². The minimum absolute atomic E-state index is 0.380. The van der Waals surface area contributed by atoms with E-state index >= 15 is 0 Å². The molecule has 0 unspecified atom stereocenters. The van der Waals surface area contributed by atoms with Gasteiger partial charge in [-0.2, -0.15) is 0 Å². The van der Waals surface area contributed by atoms with E-state index in [9.17, 15) is 0 Å². The van der Waals surface area contributed by atoms with Crippen LogP contribution in [0.2, 0.25) is 0 Å². The number of anilines is 2. The highest BCUT2D eigenvalue weighted by molar-refractivity contribution is 5.54. The molecule has 0 aliphatic heterocycles. The summed E-state index contributed by atoms with van der Waals surface area (Å²) in [6.07, 6.45) is 1.77. The molecule has 106 valence electrons. The first kappa shape index (κ1) is 14.3. The summed E-state index contributed by atoms with van der Waals surface area (Å²) in [4.78, 5) is 8.69. The average molecular weight is 272 g/mol. The molecule has 0 aliphatic carbocycles. The van der Waals surface area contributed by atoms with Gasteiger partial charge in [0.05, 0.1) is 0 Å². The summed E-state index contributed by atoms with van der Waals surface area (Å²) in [6, 6.07) is 9.57. The molecule has 2 rings (SSSR count). The lowest BCUT2D eigenvalue weighted by Gasteiger charge is -2.09. The highest BCUT2D eigenvalue weighted by atomic mass is 16.5. The second-order valence-corrected chi connectivity index (χ2v) is 4.75. The van der Waals surface area contributed by atoms with Crippen molar-refractivity contribution in [3.8, 4) is 5.75 Å². The lowest BCUT2D eigenvalue weighted by Crippen LogP contribution is -2.10. The summed E-state index contributed by atoms with van der Waals surface area (Å²) in [5.74, 6) is 1.79. The summed E-state index contributed by atoms with van der Waals surface area (Å²) in [7, 11) is 0. The molecule has 1 heterocycles. The van der Waals surface area contributed by atoms with Crippen LogP contribution >= 0.6 is 0 Å². The van der Waals surface area contributed by atoms with Crippen LogP contribution in [0.5, 0.6) is 5.75 Å². The highest BCUT2D eigenvalue weighted by Gasteiger charge is 2.03. The van der Waals surface area contributed by atoms with Crippen LogP contribution in [0.3, 0.4) is 0 Å². The number of nitrogens with zero attached hydrogens (tertiary/aromatic N) is 2. The molecule has 5 nitrogen and oxygen atoms in total. The van der Waals surface area contributed by atoms with Crippen molar-refractivity contribution < 1.29 is 4.74 Å². The van der Waals surface area contributed by atoms with Gasteiger partial charge in [-0.1, -0.05) is 13.8 Å². The molecule has 0 amide bonds. The first-order valence-corrected chi connectivity index (χ1v) is 6.72. The van der Waals surface area contributed by atoms with Gasteiger partial charge >= 0.3 is 0 Å².